The molecule has 1 amide bonds. The monoisotopic (exact) mass is 412 g/mol. The Balaban J connectivity index is 0.00000220. The van der Waals surface area contributed by atoms with Crippen molar-refractivity contribution in [3.63, 3.8) is 0 Å². The van der Waals surface area contributed by atoms with Crippen LogP contribution in [0.2, 0.25) is 0 Å². The summed E-state index contributed by atoms with van der Waals surface area (Å²) >= 11 is 3.32. The van der Waals surface area contributed by atoms with E-state index < -0.39 is 0 Å². The number of hydrogen-bond donors (Lipinski definition) is 2. The Bertz CT molecular complexity index is 439. The van der Waals surface area contributed by atoms with Crippen LogP contribution in [0.4, 0.5) is 5.82 Å². The van der Waals surface area contributed by atoms with Gasteiger partial charge in [0.25, 0.3) is 0 Å². The van der Waals surface area contributed by atoms with Gasteiger partial charge in [-0.1, -0.05) is 0 Å². The third-order valence-electron chi connectivity index (χ3n) is 3.56. The van der Waals surface area contributed by atoms with Crippen LogP contribution in [0, 0.1) is 5.92 Å². The Hall–Kier alpha value is -0.400. The summed E-state index contributed by atoms with van der Waals surface area (Å²) < 4.78 is 0.905. The van der Waals surface area contributed by atoms with E-state index in [1.54, 1.807) is 12.3 Å². The molecule has 0 spiro atoms. The number of hydrogen-bond acceptors (Lipinski definition) is 4. The molecule has 5 nitrogen and oxygen atoms in total. The Morgan fingerprint density at radius 3 is 2.59 bits per heavy atom. The lowest BCUT2D eigenvalue weighted by molar-refractivity contribution is -0.117. The van der Waals surface area contributed by atoms with Crippen LogP contribution in [0.15, 0.2) is 22.8 Å². The van der Waals surface area contributed by atoms with E-state index in [1.165, 1.54) is 0 Å². The first-order chi connectivity index (χ1) is 9.67. The molecule has 1 saturated heterocycles. The van der Waals surface area contributed by atoms with E-state index >= 15 is 0 Å². The highest BCUT2D eigenvalue weighted by molar-refractivity contribution is 9.10. The minimum absolute atomic E-state index is 0. The number of rotatable bonds is 5. The summed E-state index contributed by atoms with van der Waals surface area (Å²) in [7, 11) is 1.99. The van der Waals surface area contributed by atoms with Crippen molar-refractivity contribution < 1.29 is 4.79 Å². The van der Waals surface area contributed by atoms with Gasteiger partial charge in [-0.2, -0.15) is 0 Å². The number of aromatic nitrogens is 1. The van der Waals surface area contributed by atoms with Crippen LogP contribution < -0.4 is 10.6 Å². The van der Waals surface area contributed by atoms with Crippen molar-refractivity contribution in [3.05, 3.63) is 22.8 Å². The topological polar surface area (TPSA) is 57.3 Å². The highest BCUT2D eigenvalue weighted by atomic mass is 79.9. The maximum Gasteiger partial charge on any atom is 0.239 e. The fourth-order valence-corrected chi connectivity index (χ4v) is 2.71. The van der Waals surface area contributed by atoms with Crippen LogP contribution in [-0.2, 0) is 4.79 Å². The number of likely N-dealkylation sites (tertiary alicyclic amines) is 1. The van der Waals surface area contributed by atoms with Gasteiger partial charge in [-0.25, -0.2) is 4.98 Å². The molecule has 1 aliphatic rings. The molecule has 8 heteroatoms. The summed E-state index contributed by atoms with van der Waals surface area (Å²) in [6.07, 6.45) is 3.99. The second kappa shape index (κ2) is 11.2. The average Bonchev–Trinajstić information content (AvgIpc) is 2.44. The molecule has 1 fully saturated rings. The number of anilines is 1. The van der Waals surface area contributed by atoms with Gasteiger partial charge in [-0.3, -0.25) is 9.69 Å². The second-order valence-corrected chi connectivity index (χ2v) is 6.10. The van der Waals surface area contributed by atoms with E-state index in [2.05, 4.69) is 36.4 Å². The maximum absolute atomic E-state index is 12.0. The van der Waals surface area contributed by atoms with Crippen molar-refractivity contribution in [1.82, 2.24) is 15.2 Å². The van der Waals surface area contributed by atoms with Crippen LogP contribution in [0.5, 0.6) is 0 Å². The van der Waals surface area contributed by atoms with E-state index in [0.717, 1.165) is 42.9 Å². The number of carbonyl (C=O) groups is 1. The molecule has 0 atom stereocenters. The number of nitrogens with one attached hydrogen (secondary N) is 2. The fourth-order valence-electron chi connectivity index (χ4n) is 2.47. The van der Waals surface area contributed by atoms with Gasteiger partial charge in [0.2, 0.25) is 5.91 Å². The van der Waals surface area contributed by atoms with Crippen LogP contribution in [0.1, 0.15) is 12.8 Å². The summed E-state index contributed by atoms with van der Waals surface area (Å²) in [5.41, 5.74) is 0. The van der Waals surface area contributed by atoms with Crippen molar-refractivity contribution in [1.29, 1.82) is 0 Å². The zero-order valence-corrected chi connectivity index (χ0v) is 15.8. The van der Waals surface area contributed by atoms with Gasteiger partial charge in [0, 0.05) is 10.7 Å². The van der Waals surface area contributed by atoms with Gasteiger partial charge in [0.1, 0.15) is 5.82 Å². The quantitative estimate of drug-likeness (QED) is 0.778. The molecule has 2 N–H and O–H groups in total. The number of carbonyl (C=O) groups excluding carboxylic acids is 1. The predicted molar refractivity (Wildman–Crippen MR) is 98.2 cm³/mol. The maximum atomic E-state index is 12.0. The van der Waals surface area contributed by atoms with Crippen molar-refractivity contribution >= 4 is 52.5 Å². The molecule has 0 radical (unpaired) electrons. The van der Waals surface area contributed by atoms with E-state index in [1.807, 2.05) is 13.1 Å². The largest absolute Gasteiger partial charge is 0.319 e. The molecule has 0 aliphatic carbocycles. The smallest absolute Gasteiger partial charge is 0.239 e. The van der Waals surface area contributed by atoms with Crippen molar-refractivity contribution in [2.75, 3.05) is 38.5 Å². The molecule has 2 rings (SSSR count). The summed E-state index contributed by atoms with van der Waals surface area (Å²) in [5.74, 6) is 1.35. The first-order valence-corrected chi connectivity index (χ1v) is 7.75. The molecule has 1 aliphatic heterocycles. The normalized spacial score (nSPS) is 15.5. The third-order valence-corrected chi connectivity index (χ3v) is 4.03. The van der Waals surface area contributed by atoms with Gasteiger partial charge in [-0.15, -0.1) is 24.8 Å². The molecule has 1 aromatic heterocycles. The van der Waals surface area contributed by atoms with E-state index in [0.29, 0.717) is 12.4 Å². The van der Waals surface area contributed by atoms with Crippen molar-refractivity contribution in [2.24, 2.45) is 5.92 Å². The standard InChI is InChI=1S/C14H21BrN4O.2ClH/c1-16-8-11-4-6-19(7-5-11)10-14(20)18-13-3-2-12(15)9-17-13;;/h2-3,9,11,16H,4-8,10H2,1H3,(H,17,18,20);2*1H. The lowest BCUT2D eigenvalue weighted by Gasteiger charge is -2.31. The lowest BCUT2D eigenvalue weighted by Crippen LogP contribution is -2.40. The minimum Gasteiger partial charge on any atom is -0.319 e. The minimum atomic E-state index is 0. The highest BCUT2D eigenvalue weighted by Crippen LogP contribution is 2.16. The molecule has 0 unspecified atom stereocenters. The average molecular weight is 414 g/mol. The molecular weight excluding hydrogens is 391 g/mol. The fraction of sp³-hybridized carbons (Fsp3) is 0.571. The van der Waals surface area contributed by atoms with Crippen LogP contribution in [0.25, 0.3) is 0 Å². The summed E-state index contributed by atoms with van der Waals surface area (Å²) in [6, 6.07) is 3.66. The van der Waals surface area contributed by atoms with Gasteiger partial charge in [0.15, 0.2) is 0 Å². The highest BCUT2D eigenvalue weighted by Gasteiger charge is 2.20. The third kappa shape index (κ3) is 7.24. The van der Waals surface area contributed by atoms with Gasteiger partial charge in [0.05, 0.1) is 6.54 Å². The number of halogens is 3. The van der Waals surface area contributed by atoms with Gasteiger partial charge in [-0.05, 0) is 73.5 Å². The van der Waals surface area contributed by atoms with Gasteiger partial charge >= 0.3 is 0 Å². The zero-order chi connectivity index (χ0) is 14.4. The Morgan fingerprint density at radius 2 is 2.05 bits per heavy atom. The molecule has 0 aromatic carbocycles. The molecule has 22 heavy (non-hydrogen) atoms. The van der Waals surface area contributed by atoms with Gasteiger partial charge < -0.3 is 10.6 Å². The van der Waals surface area contributed by atoms with E-state index in [9.17, 15) is 4.79 Å². The first-order valence-electron chi connectivity index (χ1n) is 6.95. The molecular formula is C14H23BrCl2N4O. The molecule has 2 heterocycles. The lowest BCUT2D eigenvalue weighted by atomic mass is 9.97. The molecule has 1 aromatic rings. The van der Waals surface area contributed by atoms with E-state index in [-0.39, 0.29) is 30.7 Å². The Morgan fingerprint density at radius 1 is 1.36 bits per heavy atom. The molecule has 0 bridgehead atoms. The summed E-state index contributed by atoms with van der Waals surface area (Å²) in [5, 5.41) is 6.05. The van der Waals surface area contributed by atoms with Crippen molar-refractivity contribution in [2.45, 2.75) is 12.8 Å². The number of pyridine rings is 1. The number of nitrogens with zero attached hydrogens (tertiary/aromatic N) is 2. The second-order valence-electron chi connectivity index (χ2n) is 5.19. The molecule has 126 valence electrons. The van der Waals surface area contributed by atoms with Crippen LogP contribution in [-0.4, -0.2) is 49.0 Å². The Labute approximate surface area is 152 Å². The SMILES string of the molecule is CNCC1CCN(CC(=O)Nc2ccc(Br)cn2)CC1.Cl.Cl. The summed E-state index contributed by atoms with van der Waals surface area (Å²) in [6.45, 7) is 3.51. The van der Waals surface area contributed by atoms with E-state index in [4.69, 9.17) is 0 Å². The van der Waals surface area contributed by atoms with Crippen LogP contribution in [0.3, 0.4) is 0 Å². The van der Waals surface area contributed by atoms with Crippen LogP contribution >= 0.6 is 40.7 Å². The first kappa shape index (κ1) is 21.6. The molecule has 0 saturated carbocycles. The Kier molecular flexibility index (Phi) is 11.0. The number of amides is 1. The summed E-state index contributed by atoms with van der Waals surface area (Å²) in [4.78, 5) is 18.3. The van der Waals surface area contributed by atoms with Crippen molar-refractivity contribution in [3.8, 4) is 0 Å². The number of piperidine rings is 1. The predicted octanol–water partition coefficient (Wildman–Crippen LogP) is 2.56. The zero-order valence-electron chi connectivity index (χ0n) is 12.5.